The number of hydrogen-bond acceptors (Lipinski definition) is 1. The SMILES string of the molecule is C[C@]12CC[C@H]3[C@@H](CCC4=CCCC[C@H]43)[C@H]1CCC2=O. The number of carbonyl (C=O) groups is 1. The summed E-state index contributed by atoms with van der Waals surface area (Å²) in [5.74, 6) is 3.99. The van der Waals surface area contributed by atoms with Crippen molar-refractivity contribution in [3.8, 4) is 0 Å². The van der Waals surface area contributed by atoms with Gasteiger partial charge in [-0.1, -0.05) is 18.6 Å². The largest absolute Gasteiger partial charge is 0.299 e. The number of ketones is 1. The lowest BCUT2D eigenvalue weighted by Crippen LogP contribution is -2.46. The van der Waals surface area contributed by atoms with E-state index in [1.807, 2.05) is 0 Å². The Hall–Kier alpha value is -0.590. The van der Waals surface area contributed by atoms with Crippen LogP contribution in [-0.4, -0.2) is 5.78 Å². The summed E-state index contributed by atoms with van der Waals surface area (Å²) in [5.41, 5.74) is 1.86. The highest BCUT2D eigenvalue weighted by molar-refractivity contribution is 5.87. The number of allylic oxidation sites excluding steroid dienone is 2. The van der Waals surface area contributed by atoms with Crippen LogP contribution in [0.1, 0.15) is 64.7 Å². The molecular weight excluding hydrogens is 232 g/mol. The second kappa shape index (κ2) is 4.20. The lowest BCUT2D eigenvalue weighted by atomic mass is 9.52. The molecule has 0 aliphatic heterocycles. The molecule has 19 heavy (non-hydrogen) atoms. The van der Waals surface area contributed by atoms with Gasteiger partial charge in [0.15, 0.2) is 0 Å². The topological polar surface area (TPSA) is 17.1 Å². The number of fused-ring (bicyclic) bond motifs is 5. The van der Waals surface area contributed by atoms with E-state index >= 15 is 0 Å². The van der Waals surface area contributed by atoms with Crippen LogP contribution in [0.4, 0.5) is 0 Å². The smallest absolute Gasteiger partial charge is 0.139 e. The molecule has 0 aromatic rings. The second-order valence-electron chi connectivity index (χ2n) is 7.71. The quantitative estimate of drug-likeness (QED) is 0.584. The molecule has 0 N–H and O–H groups in total. The molecule has 0 radical (unpaired) electrons. The lowest BCUT2D eigenvalue weighted by molar-refractivity contribution is -0.131. The van der Waals surface area contributed by atoms with Crippen molar-refractivity contribution in [2.45, 2.75) is 64.7 Å². The molecule has 0 aromatic heterocycles. The van der Waals surface area contributed by atoms with Crippen LogP contribution in [0, 0.1) is 29.1 Å². The van der Waals surface area contributed by atoms with Gasteiger partial charge < -0.3 is 0 Å². The Morgan fingerprint density at radius 2 is 2.00 bits per heavy atom. The van der Waals surface area contributed by atoms with Crippen molar-refractivity contribution in [3.63, 3.8) is 0 Å². The Morgan fingerprint density at radius 1 is 1.11 bits per heavy atom. The molecule has 4 rings (SSSR count). The van der Waals surface area contributed by atoms with Gasteiger partial charge in [-0.05, 0) is 75.0 Å². The van der Waals surface area contributed by atoms with E-state index in [0.717, 1.165) is 30.1 Å². The van der Waals surface area contributed by atoms with E-state index in [4.69, 9.17) is 0 Å². The summed E-state index contributed by atoms with van der Waals surface area (Å²) in [6, 6.07) is 0. The van der Waals surface area contributed by atoms with Crippen molar-refractivity contribution >= 4 is 5.78 Å². The van der Waals surface area contributed by atoms with E-state index in [9.17, 15) is 4.79 Å². The summed E-state index contributed by atoms with van der Waals surface area (Å²) in [4.78, 5) is 12.3. The van der Waals surface area contributed by atoms with Gasteiger partial charge in [0.25, 0.3) is 0 Å². The van der Waals surface area contributed by atoms with Gasteiger partial charge in [0, 0.05) is 11.8 Å². The van der Waals surface area contributed by atoms with E-state index < -0.39 is 0 Å². The van der Waals surface area contributed by atoms with Crippen molar-refractivity contribution in [2.24, 2.45) is 29.1 Å². The monoisotopic (exact) mass is 258 g/mol. The second-order valence-corrected chi connectivity index (χ2v) is 7.71. The van der Waals surface area contributed by atoms with E-state index in [-0.39, 0.29) is 5.41 Å². The van der Waals surface area contributed by atoms with Crippen LogP contribution in [0.15, 0.2) is 11.6 Å². The molecule has 4 aliphatic carbocycles. The summed E-state index contributed by atoms with van der Waals surface area (Å²) in [7, 11) is 0. The van der Waals surface area contributed by atoms with E-state index in [2.05, 4.69) is 13.0 Å². The molecule has 0 saturated heterocycles. The van der Waals surface area contributed by atoms with Gasteiger partial charge in [-0.15, -0.1) is 0 Å². The van der Waals surface area contributed by atoms with Gasteiger partial charge in [-0.25, -0.2) is 0 Å². The molecule has 0 spiro atoms. The van der Waals surface area contributed by atoms with Crippen LogP contribution in [0.2, 0.25) is 0 Å². The van der Waals surface area contributed by atoms with Gasteiger partial charge in [0.2, 0.25) is 0 Å². The molecule has 0 unspecified atom stereocenters. The first-order valence-corrected chi connectivity index (χ1v) is 8.42. The Bertz CT molecular complexity index is 435. The van der Waals surface area contributed by atoms with Crippen molar-refractivity contribution in [1.29, 1.82) is 0 Å². The molecule has 5 atom stereocenters. The lowest BCUT2D eigenvalue weighted by Gasteiger charge is -2.52. The molecule has 4 aliphatic rings. The number of hydrogen-bond donors (Lipinski definition) is 0. The van der Waals surface area contributed by atoms with Crippen molar-refractivity contribution in [1.82, 2.24) is 0 Å². The minimum absolute atomic E-state index is 0.0665. The van der Waals surface area contributed by atoms with Crippen LogP contribution >= 0.6 is 0 Å². The van der Waals surface area contributed by atoms with Gasteiger partial charge in [0.1, 0.15) is 5.78 Å². The average Bonchev–Trinajstić information content (AvgIpc) is 2.75. The van der Waals surface area contributed by atoms with Crippen LogP contribution < -0.4 is 0 Å². The summed E-state index contributed by atoms with van der Waals surface area (Å²) in [6.07, 6.45) is 14.0. The third-order valence-corrected chi connectivity index (χ3v) is 7.09. The average molecular weight is 258 g/mol. The molecule has 0 heterocycles. The summed E-state index contributed by atoms with van der Waals surface area (Å²) >= 11 is 0. The molecule has 1 heteroatoms. The number of carbonyl (C=O) groups excluding carboxylic acids is 1. The van der Waals surface area contributed by atoms with Crippen molar-refractivity contribution in [3.05, 3.63) is 11.6 Å². The normalized spacial score (nSPS) is 49.1. The summed E-state index contributed by atoms with van der Waals surface area (Å²) < 4.78 is 0. The van der Waals surface area contributed by atoms with Crippen molar-refractivity contribution in [2.75, 3.05) is 0 Å². The summed E-state index contributed by atoms with van der Waals surface area (Å²) in [5, 5.41) is 0. The van der Waals surface area contributed by atoms with Gasteiger partial charge in [0.05, 0.1) is 0 Å². The number of Topliss-reactive ketones (excluding diaryl/α,β-unsaturated/α-hetero) is 1. The van der Waals surface area contributed by atoms with Gasteiger partial charge in [-0.2, -0.15) is 0 Å². The van der Waals surface area contributed by atoms with E-state index in [1.165, 1.54) is 51.4 Å². The fourth-order valence-corrected chi connectivity index (χ4v) is 6.07. The third-order valence-electron chi connectivity index (χ3n) is 7.09. The first-order valence-electron chi connectivity index (χ1n) is 8.42. The maximum atomic E-state index is 12.3. The first kappa shape index (κ1) is 12.2. The zero-order valence-corrected chi connectivity index (χ0v) is 12.2. The minimum Gasteiger partial charge on any atom is -0.299 e. The highest BCUT2D eigenvalue weighted by atomic mass is 16.1. The molecule has 104 valence electrons. The standard InChI is InChI=1S/C18H26O/c1-18-11-10-14-13-5-3-2-4-12(13)6-7-15(14)16(18)8-9-17(18)19/h4,13-16H,2-3,5-11H2,1H3/t13-,14-,15-,16-,18+/m1/s1. The summed E-state index contributed by atoms with van der Waals surface area (Å²) in [6.45, 7) is 2.29. The molecular formula is C18H26O. The molecule has 3 saturated carbocycles. The Kier molecular flexibility index (Phi) is 2.69. The fourth-order valence-electron chi connectivity index (χ4n) is 6.07. The van der Waals surface area contributed by atoms with Crippen LogP contribution in [0.25, 0.3) is 0 Å². The Morgan fingerprint density at radius 3 is 2.89 bits per heavy atom. The van der Waals surface area contributed by atoms with Crippen molar-refractivity contribution < 1.29 is 4.79 Å². The first-order chi connectivity index (χ1) is 9.20. The maximum Gasteiger partial charge on any atom is 0.139 e. The molecule has 3 fully saturated rings. The third kappa shape index (κ3) is 1.63. The predicted molar refractivity (Wildman–Crippen MR) is 76.7 cm³/mol. The molecule has 0 bridgehead atoms. The Balaban J connectivity index is 1.65. The molecule has 0 amide bonds. The Labute approximate surface area is 116 Å². The maximum absolute atomic E-state index is 12.3. The molecule has 0 aromatic carbocycles. The van der Waals surface area contributed by atoms with Crippen LogP contribution in [0.5, 0.6) is 0 Å². The zero-order valence-electron chi connectivity index (χ0n) is 12.2. The van der Waals surface area contributed by atoms with Gasteiger partial charge in [-0.3, -0.25) is 4.79 Å². The van der Waals surface area contributed by atoms with Crippen LogP contribution in [0.3, 0.4) is 0 Å². The predicted octanol–water partition coefficient (Wildman–Crippen LogP) is 4.52. The highest BCUT2D eigenvalue weighted by Gasteiger charge is 2.55. The molecule has 1 nitrogen and oxygen atoms in total. The highest BCUT2D eigenvalue weighted by Crippen LogP contribution is 2.60. The zero-order chi connectivity index (χ0) is 13.0. The van der Waals surface area contributed by atoms with E-state index in [1.54, 1.807) is 5.57 Å². The van der Waals surface area contributed by atoms with Gasteiger partial charge >= 0.3 is 0 Å². The minimum atomic E-state index is 0.0665. The fraction of sp³-hybridized carbons (Fsp3) is 0.833. The van der Waals surface area contributed by atoms with E-state index in [0.29, 0.717) is 5.78 Å². The van der Waals surface area contributed by atoms with Crippen LogP contribution in [-0.2, 0) is 4.79 Å². The number of rotatable bonds is 0.